The van der Waals surface area contributed by atoms with Gasteiger partial charge in [0, 0.05) is 31.7 Å². The summed E-state index contributed by atoms with van der Waals surface area (Å²) >= 11 is 0. The van der Waals surface area contributed by atoms with Crippen molar-refractivity contribution in [1.29, 1.82) is 5.26 Å². The van der Waals surface area contributed by atoms with Crippen molar-refractivity contribution in [2.75, 3.05) is 31.1 Å². The Hall–Kier alpha value is -2.39. The first kappa shape index (κ1) is 12.6. The Balaban J connectivity index is 1.98. The molecule has 5 nitrogen and oxygen atoms in total. The number of rotatable bonds is 2. The first-order chi connectivity index (χ1) is 9.78. The normalized spacial score (nSPS) is 15.1. The smallest absolute Gasteiger partial charge is 0.235 e. The molecule has 0 radical (unpaired) electrons. The number of aromatic nitrogens is 1. The van der Waals surface area contributed by atoms with E-state index in [2.05, 4.69) is 10.3 Å². The van der Waals surface area contributed by atoms with Crippen LogP contribution in [0.4, 0.5) is 10.3 Å². The highest BCUT2D eigenvalue weighted by molar-refractivity contribution is 5.59. The molecule has 0 bridgehead atoms. The van der Waals surface area contributed by atoms with Gasteiger partial charge in [-0.2, -0.15) is 10.2 Å². The minimum Gasteiger partial charge on any atom is -0.419 e. The van der Waals surface area contributed by atoms with Crippen molar-refractivity contribution >= 4 is 5.88 Å². The number of oxazole rings is 1. The molecule has 1 aliphatic heterocycles. The molecule has 1 fully saturated rings. The summed E-state index contributed by atoms with van der Waals surface area (Å²) in [5.74, 6) is 0.380. The van der Waals surface area contributed by atoms with Gasteiger partial charge in [0.2, 0.25) is 17.5 Å². The lowest BCUT2D eigenvalue weighted by Crippen LogP contribution is -2.43. The summed E-state index contributed by atoms with van der Waals surface area (Å²) in [7, 11) is 0. The molecule has 3 rings (SSSR count). The highest BCUT2D eigenvalue weighted by Gasteiger charge is 2.21. The van der Waals surface area contributed by atoms with Gasteiger partial charge in [-0.1, -0.05) is 6.07 Å². The number of hydrogen-bond donors (Lipinski definition) is 1. The highest BCUT2D eigenvalue weighted by Crippen LogP contribution is 2.28. The fourth-order valence-electron chi connectivity index (χ4n) is 2.21. The maximum Gasteiger partial charge on any atom is 0.235 e. The molecule has 1 aromatic carbocycles. The zero-order valence-electron chi connectivity index (χ0n) is 10.8. The standard InChI is InChI=1S/C14H13FN4O/c15-11-3-1-2-10(8-11)13-18-12(9-16)14(20-13)19-6-4-17-5-7-19/h1-3,8,17H,4-7H2. The number of piperazine rings is 1. The number of nitrogens with one attached hydrogen (secondary N) is 1. The Morgan fingerprint density at radius 2 is 2.15 bits per heavy atom. The second kappa shape index (κ2) is 5.31. The molecule has 2 heterocycles. The van der Waals surface area contributed by atoms with E-state index in [9.17, 15) is 9.65 Å². The predicted octanol–water partition coefficient (Wildman–Crippen LogP) is 1.76. The van der Waals surface area contributed by atoms with Crippen molar-refractivity contribution < 1.29 is 8.81 Å². The number of nitriles is 1. The lowest BCUT2D eigenvalue weighted by Gasteiger charge is -2.26. The minimum absolute atomic E-state index is 0.242. The highest BCUT2D eigenvalue weighted by atomic mass is 19.1. The van der Waals surface area contributed by atoms with Crippen LogP contribution in [0.15, 0.2) is 28.7 Å². The van der Waals surface area contributed by atoms with Crippen LogP contribution >= 0.6 is 0 Å². The molecule has 0 saturated carbocycles. The predicted molar refractivity (Wildman–Crippen MR) is 71.7 cm³/mol. The SMILES string of the molecule is N#Cc1nc(-c2cccc(F)c2)oc1N1CCNCC1. The topological polar surface area (TPSA) is 65.1 Å². The van der Waals surface area contributed by atoms with E-state index in [0.29, 0.717) is 11.4 Å². The van der Waals surface area contributed by atoms with Crippen LogP contribution in [0.25, 0.3) is 11.5 Å². The average Bonchev–Trinajstić information content (AvgIpc) is 2.92. The van der Waals surface area contributed by atoms with Crippen molar-refractivity contribution in [2.24, 2.45) is 0 Å². The fourth-order valence-corrected chi connectivity index (χ4v) is 2.21. The Labute approximate surface area is 115 Å². The van der Waals surface area contributed by atoms with Gasteiger partial charge < -0.3 is 14.6 Å². The van der Waals surface area contributed by atoms with E-state index < -0.39 is 0 Å². The number of benzene rings is 1. The Morgan fingerprint density at radius 1 is 1.35 bits per heavy atom. The van der Waals surface area contributed by atoms with Crippen LogP contribution in [-0.4, -0.2) is 31.2 Å². The number of anilines is 1. The summed E-state index contributed by atoms with van der Waals surface area (Å²) in [5, 5.41) is 12.4. The maximum absolute atomic E-state index is 13.2. The largest absolute Gasteiger partial charge is 0.419 e. The summed E-state index contributed by atoms with van der Waals surface area (Å²) in [6.07, 6.45) is 0. The van der Waals surface area contributed by atoms with Crippen LogP contribution in [0.3, 0.4) is 0 Å². The molecular weight excluding hydrogens is 259 g/mol. The van der Waals surface area contributed by atoms with Crippen LogP contribution in [0.5, 0.6) is 0 Å². The quantitative estimate of drug-likeness (QED) is 0.902. The summed E-state index contributed by atoms with van der Waals surface area (Å²) in [4.78, 5) is 6.14. The van der Waals surface area contributed by atoms with E-state index in [1.54, 1.807) is 12.1 Å². The van der Waals surface area contributed by atoms with E-state index >= 15 is 0 Å². The Bertz CT molecular complexity index is 655. The maximum atomic E-state index is 13.2. The molecule has 0 spiro atoms. The van der Waals surface area contributed by atoms with Crippen LogP contribution < -0.4 is 10.2 Å². The van der Waals surface area contributed by atoms with Gasteiger partial charge >= 0.3 is 0 Å². The molecule has 102 valence electrons. The van der Waals surface area contributed by atoms with Gasteiger partial charge in [0.05, 0.1) is 0 Å². The third-order valence-corrected chi connectivity index (χ3v) is 3.19. The van der Waals surface area contributed by atoms with E-state index in [-0.39, 0.29) is 17.4 Å². The molecule has 1 aromatic heterocycles. The summed E-state index contributed by atoms with van der Waals surface area (Å²) in [6, 6.07) is 8.03. The van der Waals surface area contributed by atoms with Crippen LogP contribution in [0, 0.1) is 17.1 Å². The third kappa shape index (κ3) is 2.36. The molecule has 6 heteroatoms. The van der Waals surface area contributed by atoms with E-state index in [1.807, 2.05) is 11.0 Å². The molecule has 1 aliphatic rings. The third-order valence-electron chi connectivity index (χ3n) is 3.19. The summed E-state index contributed by atoms with van der Waals surface area (Å²) < 4.78 is 18.9. The van der Waals surface area contributed by atoms with Crippen molar-refractivity contribution in [3.63, 3.8) is 0 Å². The van der Waals surface area contributed by atoms with E-state index in [0.717, 1.165) is 26.2 Å². The molecule has 20 heavy (non-hydrogen) atoms. The zero-order valence-corrected chi connectivity index (χ0v) is 10.8. The minimum atomic E-state index is -0.358. The second-order valence-electron chi connectivity index (χ2n) is 4.53. The average molecular weight is 272 g/mol. The molecule has 1 saturated heterocycles. The summed E-state index contributed by atoms with van der Waals surface area (Å²) in [5.41, 5.74) is 0.772. The molecule has 0 amide bonds. The molecular formula is C14H13FN4O. The number of halogens is 1. The summed E-state index contributed by atoms with van der Waals surface area (Å²) in [6.45, 7) is 3.18. The fraction of sp³-hybridized carbons (Fsp3) is 0.286. The number of hydrogen-bond acceptors (Lipinski definition) is 5. The van der Waals surface area contributed by atoms with Gasteiger partial charge in [-0.3, -0.25) is 0 Å². The van der Waals surface area contributed by atoms with Crippen molar-refractivity contribution in [3.8, 4) is 17.5 Å². The molecule has 2 aromatic rings. The molecule has 0 atom stereocenters. The van der Waals surface area contributed by atoms with Gasteiger partial charge in [0.25, 0.3) is 0 Å². The van der Waals surface area contributed by atoms with Crippen molar-refractivity contribution in [2.45, 2.75) is 0 Å². The van der Waals surface area contributed by atoms with Gasteiger partial charge in [-0.15, -0.1) is 0 Å². The second-order valence-corrected chi connectivity index (χ2v) is 4.53. The van der Waals surface area contributed by atoms with E-state index in [4.69, 9.17) is 4.42 Å². The van der Waals surface area contributed by atoms with Crippen molar-refractivity contribution in [1.82, 2.24) is 10.3 Å². The molecule has 0 aliphatic carbocycles. The van der Waals surface area contributed by atoms with Crippen LogP contribution in [0.1, 0.15) is 5.69 Å². The number of nitrogens with zero attached hydrogens (tertiary/aromatic N) is 3. The Kier molecular flexibility index (Phi) is 3.35. The van der Waals surface area contributed by atoms with Crippen molar-refractivity contribution in [3.05, 3.63) is 35.8 Å². The van der Waals surface area contributed by atoms with Gasteiger partial charge in [-0.25, -0.2) is 4.39 Å². The molecule has 1 N–H and O–H groups in total. The zero-order chi connectivity index (χ0) is 13.9. The van der Waals surface area contributed by atoms with Crippen LogP contribution in [0.2, 0.25) is 0 Å². The van der Waals surface area contributed by atoms with Gasteiger partial charge in [0.1, 0.15) is 11.9 Å². The van der Waals surface area contributed by atoms with Gasteiger partial charge in [0.15, 0.2) is 0 Å². The monoisotopic (exact) mass is 272 g/mol. The first-order valence-corrected chi connectivity index (χ1v) is 6.40. The molecule has 0 unspecified atom stereocenters. The Morgan fingerprint density at radius 3 is 2.85 bits per heavy atom. The van der Waals surface area contributed by atoms with Crippen LogP contribution in [-0.2, 0) is 0 Å². The first-order valence-electron chi connectivity index (χ1n) is 6.40. The van der Waals surface area contributed by atoms with E-state index in [1.165, 1.54) is 12.1 Å². The lowest BCUT2D eigenvalue weighted by atomic mass is 10.2. The lowest BCUT2D eigenvalue weighted by molar-refractivity contribution is 0.511. The van der Waals surface area contributed by atoms with Gasteiger partial charge in [-0.05, 0) is 18.2 Å².